The summed E-state index contributed by atoms with van der Waals surface area (Å²) in [5, 5.41) is 24.6. The molecule has 4 aliphatic rings. The van der Waals surface area contributed by atoms with Crippen LogP contribution in [0.15, 0.2) is 41.0 Å². The number of aliphatic hydroxyl groups is 1. The Labute approximate surface area is 188 Å². The predicted molar refractivity (Wildman–Crippen MR) is 123 cm³/mol. The topological polar surface area (TPSA) is 99.0 Å². The number of hydrazone groups is 1. The van der Waals surface area contributed by atoms with Gasteiger partial charge in [0.1, 0.15) is 0 Å². The highest BCUT2D eigenvalue weighted by Crippen LogP contribution is 2.64. The summed E-state index contributed by atoms with van der Waals surface area (Å²) >= 11 is 0. The van der Waals surface area contributed by atoms with E-state index >= 15 is 0 Å². The minimum Gasteiger partial charge on any atom is -0.478 e. The van der Waals surface area contributed by atoms with Gasteiger partial charge in [0.2, 0.25) is 0 Å². The van der Waals surface area contributed by atoms with Gasteiger partial charge in [-0.3, -0.25) is 10.2 Å². The number of aromatic carboxylic acids is 1. The summed E-state index contributed by atoms with van der Waals surface area (Å²) in [5.41, 5.74) is 5.99. The number of carboxylic acid groups (broad SMARTS) is 1. The fourth-order valence-corrected chi connectivity index (χ4v) is 7.31. The van der Waals surface area contributed by atoms with E-state index in [4.69, 9.17) is 10.2 Å². The SMILES string of the molecule is C[C@]12CC[C@H]3[C@@H](CC(=NNc4ccc(C(=O)O)cc4)C4=CC(=O)CC[C@@]43C)[C@@H]1CC[C@@H]2O. The van der Waals surface area contributed by atoms with Gasteiger partial charge in [0.25, 0.3) is 0 Å². The van der Waals surface area contributed by atoms with Crippen LogP contribution in [0.5, 0.6) is 0 Å². The van der Waals surface area contributed by atoms with Gasteiger partial charge in [-0.05, 0) is 103 Å². The van der Waals surface area contributed by atoms with Crippen LogP contribution in [0.25, 0.3) is 0 Å². The van der Waals surface area contributed by atoms with Crippen molar-refractivity contribution in [3.63, 3.8) is 0 Å². The first-order chi connectivity index (χ1) is 15.2. The van der Waals surface area contributed by atoms with E-state index in [-0.39, 0.29) is 28.3 Å². The van der Waals surface area contributed by atoms with Crippen LogP contribution < -0.4 is 5.43 Å². The molecule has 6 nitrogen and oxygen atoms in total. The van der Waals surface area contributed by atoms with Gasteiger partial charge >= 0.3 is 5.97 Å². The second-order valence-electron chi connectivity index (χ2n) is 10.7. The van der Waals surface area contributed by atoms with Crippen LogP contribution >= 0.6 is 0 Å². The van der Waals surface area contributed by atoms with Crippen LogP contribution in [0.1, 0.15) is 69.2 Å². The number of hydrogen-bond donors (Lipinski definition) is 3. The molecule has 170 valence electrons. The molecule has 6 heteroatoms. The second-order valence-corrected chi connectivity index (χ2v) is 10.7. The monoisotopic (exact) mass is 436 g/mol. The maximum Gasteiger partial charge on any atom is 0.335 e. The molecule has 3 saturated carbocycles. The van der Waals surface area contributed by atoms with E-state index < -0.39 is 5.97 Å². The van der Waals surface area contributed by atoms with E-state index in [0.29, 0.717) is 24.2 Å². The number of hydrogen-bond acceptors (Lipinski definition) is 5. The van der Waals surface area contributed by atoms with Crippen molar-refractivity contribution in [1.82, 2.24) is 0 Å². The number of ketones is 1. The molecule has 1 aromatic carbocycles. The van der Waals surface area contributed by atoms with Crippen LogP contribution in [0.3, 0.4) is 0 Å². The van der Waals surface area contributed by atoms with Gasteiger partial charge in [-0.15, -0.1) is 0 Å². The Bertz CT molecular complexity index is 1010. The molecule has 0 saturated heterocycles. The third-order valence-electron chi connectivity index (χ3n) is 9.21. The maximum absolute atomic E-state index is 12.4. The fraction of sp³-hybridized carbons (Fsp3) is 0.577. The minimum atomic E-state index is -0.957. The van der Waals surface area contributed by atoms with E-state index in [1.807, 2.05) is 6.08 Å². The molecule has 6 atom stereocenters. The molecule has 0 heterocycles. The Morgan fingerprint density at radius 3 is 2.56 bits per heavy atom. The van der Waals surface area contributed by atoms with Gasteiger partial charge < -0.3 is 10.2 Å². The van der Waals surface area contributed by atoms with Crippen LogP contribution in [0.4, 0.5) is 5.69 Å². The normalized spacial score (nSPS) is 39.7. The number of rotatable bonds is 3. The molecule has 4 aliphatic carbocycles. The number of aliphatic hydroxyl groups excluding tert-OH is 1. The van der Waals surface area contributed by atoms with Crippen LogP contribution in [0.2, 0.25) is 0 Å². The maximum atomic E-state index is 12.4. The van der Waals surface area contributed by atoms with E-state index in [1.165, 1.54) is 0 Å². The molecule has 0 unspecified atom stereocenters. The first-order valence-electron chi connectivity index (χ1n) is 11.8. The third kappa shape index (κ3) is 3.22. The van der Waals surface area contributed by atoms with Crippen molar-refractivity contribution >= 4 is 23.2 Å². The first kappa shape index (κ1) is 21.4. The molecule has 5 rings (SSSR count). The molecule has 1 aromatic rings. The van der Waals surface area contributed by atoms with Crippen molar-refractivity contribution in [3.8, 4) is 0 Å². The van der Waals surface area contributed by atoms with Crippen molar-refractivity contribution in [1.29, 1.82) is 0 Å². The van der Waals surface area contributed by atoms with Gasteiger partial charge in [0.05, 0.1) is 23.1 Å². The number of nitrogens with zero attached hydrogens (tertiary/aromatic N) is 1. The number of carboxylic acids is 1. The van der Waals surface area contributed by atoms with Crippen LogP contribution in [-0.2, 0) is 4.79 Å². The number of fused-ring (bicyclic) bond motifs is 5. The first-order valence-corrected chi connectivity index (χ1v) is 11.8. The smallest absolute Gasteiger partial charge is 0.335 e. The van der Waals surface area contributed by atoms with Crippen molar-refractivity contribution in [2.24, 2.45) is 33.7 Å². The highest BCUT2D eigenvalue weighted by molar-refractivity contribution is 6.09. The Hall–Kier alpha value is -2.47. The van der Waals surface area contributed by atoms with Crippen LogP contribution in [0, 0.1) is 28.6 Å². The fourth-order valence-electron chi connectivity index (χ4n) is 7.31. The zero-order valence-electron chi connectivity index (χ0n) is 18.8. The summed E-state index contributed by atoms with van der Waals surface area (Å²) in [5.74, 6) is 0.663. The molecule has 0 aliphatic heterocycles. The Morgan fingerprint density at radius 2 is 1.84 bits per heavy atom. The van der Waals surface area contributed by atoms with E-state index in [2.05, 4.69) is 19.3 Å². The van der Waals surface area contributed by atoms with Gasteiger partial charge in [0, 0.05) is 6.42 Å². The molecule has 0 amide bonds. The Kier molecular flexibility index (Phi) is 5.04. The van der Waals surface area contributed by atoms with Crippen molar-refractivity contribution in [2.75, 3.05) is 5.43 Å². The molecule has 32 heavy (non-hydrogen) atoms. The van der Waals surface area contributed by atoms with Gasteiger partial charge in [0.15, 0.2) is 5.78 Å². The molecular formula is C26H32N2O4. The van der Waals surface area contributed by atoms with Crippen molar-refractivity contribution in [3.05, 3.63) is 41.5 Å². The summed E-state index contributed by atoms with van der Waals surface area (Å²) in [6.45, 7) is 4.58. The number of allylic oxidation sites excluding steroid dienone is 1. The lowest BCUT2D eigenvalue weighted by atomic mass is 9.47. The number of carbonyl (C=O) groups is 2. The van der Waals surface area contributed by atoms with E-state index in [0.717, 1.165) is 55.5 Å². The second kappa shape index (κ2) is 7.55. The van der Waals surface area contributed by atoms with Crippen molar-refractivity contribution in [2.45, 2.75) is 64.9 Å². The minimum absolute atomic E-state index is 0.0194. The highest BCUT2D eigenvalue weighted by atomic mass is 16.4. The average Bonchev–Trinajstić information content (AvgIpc) is 3.08. The lowest BCUT2D eigenvalue weighted by Crippen LogP contribution is -2.53. The molecule has 3 N–H and O–H groups in total. The third-order valence-corrected chi connectivity index (χ3v) is 9.21. The highest BCUT2D eigenvalue weighted by Gasteiger charge is 2.60. The van der Waals surface area contributed by atoms with Gasteiger partial charge in [-0.2, -0.15) is 5.10 Å². The lowest BCUT2D eigenvalue weighted by molar-refractivity contribution is -0.117. The van der Waals surface area contributed by atoms with Gasteiger partial charge in [-0.25, -0.2) is 4.79 Å². The molecule has 0 spiro atoms. The lowest BCUT2D eigenvalue weighted by Gasteiger charge is -2.57. The zero-order valence-corrected chi connectivity index (χ0v) is 18.8. The van der Waals surface area contributed by atoms with E-state index in [9.17, 15) is 14.7 Å². The van der Waals surface area contributed by atoms with E-state index in [1.54, 1.807) is 24.3 Å². The average molecular weight is 437 g/mol. The molecule has 0 radical (unpaired) electrons. The van der Waals surface area contributed by atoms with Crippen molar-refractivity contribution < 1.29 is 19.8 Å². The Balaban J connectivity index is 1.49. The summed E-state index contributed by atoms with van der Waals surface area (Å²) in [4.78, 5) is 23.5. The largest absolute Gasteiger partial charge is 0.478 e. The summed E-state index contributed by atoms with van der Waals surface area (Å²) in [7, 11) is 0. The number of benzene rings is 1. The molecule has 0 aromatic heterocycles. The van der Waals surface area contributed by atoms with Crippen LogP contribution in [-0.4, -0.2) is 33.8 Å². The number of carbonyl (C=O) groups excluding carboxylic acids is 1. The number of nitrogens with one attached hydrogen (secondary N) is 1. The summed E-state index contributed by atoms with van der Waals surface area (Å²) in [6.07, 6.45) is 7.94. The zero-order chi connectivity index (χ0) is 22.7. The standard InChI is InChI=1S/C26H32N2O4/c1-25-11-9-17(29)13-21(25)22(28-27-16-5-3-15(4-6-16)24(31)32)14-18-19-7-8-23(30)26(19,2)12-10-20(18)25/h3-6,13,18-20,23,27,30H,7-12,14H2,1-2H3,(H,31,32)/t18-,19-,20-,23-,25+,26-/m0/s1. The Morgan fingerprint density at radius 1 is 1.09 bits per heavy atom. The quantitative estimate of drug-likeness (QED) is 0.599. The number of anilines is 1. The summed E-state index contributed by atoms with van der Waals surface area (Å²) in [6, 6.07) is 6.54. The molecule has 3 fully saturated rings. The molecular weight excluding hydrogens is 404 g/mol. The summed E-state index contributed by atoms with van der Waals surface area (Å²) < 4.78 is 0. The molecule has 0 bridgehead atoms. The predicted octanol–water partition coefficient (Wildman–Crippen LogP) is 4.66. The van der Waals surface area contributed by atoms with Gasteiger partial charge in [-0.1, -0.05) is 13.8 Å².